The van der Waals surface area contributed by atoms with Crippen LogP contribution in [0, 0.1) is 12.8 Å². The third kappa shape index (κ3) is 3.08. The van der Waals surface area contributed by atoms with E-state index < -0.39 is 16.1 Å². The third-order valence-electron chi connectivity index (χ3n) is 4.36. The molecule has 0 spiro atoms. The Morgan fingerprint density at radius 3 is 2.54 bits per heavy atom. The molecule has 8 nitrogen and oxygen atoms in total. The number of hydrogen-bond donors (Lipinski definition) is 2. The van der Waals surface area contributed by atoms with Crippen molar-refractivity contribution in [3.05, 3.63) is 28.8 Å². The number of aromatic nitrogens is 4. The van der Waals surface area contributed by atoms with Crippen molar-refractivity contribution in [1.82, 2.24) is 24.3 Å². The Labute approximate surface area is 145 Å². The predicted octanol–water partition coefficient (Wildman–Crippen LogP) is 0.906. The van der Waals surface area contributed by atoms with Gasteiger partial charge in [-0.25, -0.2) is 13.1 Å². The van der Waals surface area contributed by atoms with Crippen LogP contribution in [0.3, 0.4) is 0 Å². The summed E-state index contributed by atoms with van der Waals surface area (Å²) in [6, 6.07) is -0.470. The number of halogens is 1. The van der Waals surface area contributed by atoms with Crippen LogP contribution in [0.25, 0.3) is 0 Å². The van der Waals surface area contributed by atoms with Gasteiger partial charge in [0.05, 0.1) is 24.0 Å². The van der Waals surface area contributed by atoms with Crippen LogP contribution in [-0.4, -0.2) is 39.2 Å². The number of nitrogens with zero attached hydrogens (tertiary/aromatic N) is 4. The first-order chi connectivity index (χ1) is 11.2. The van der Waals surface area contributed by atoms with Crippen LogP contribution in [0.5, 0.6) is 0 Å². The lowest BCUT2D eigenvalue weighted by atomic mass is 9.76. The SMILES string of the molecule is Cc1nn(C)c(Cl)c1S(=O)(=O)N[C@H](c1cnn(C)c1)C1CC(O)C1. The summed E-state index contributed by atoms with van der Waals surface area (Å²) >= 11 is 6.11. The summed E-state index contributed by atoms with van der Waals surface area (Å²) in [6.07, 6.45) is 4.11. The molecule has 10 heteroatoms. The summed E-state index contributed by atoms with van der Waals surface area (Å²) in [4.78, 5) is -0.0135. The second-order valence-corrected chi connectivity index (χ2v) is 8.27. The zero-order chi connectivity index (χ0) is 17.6. The molecule has 2 aromatic rings. The van der Waals surface area contributed by atoms with Gasteiger partial charge in [0.1, 0.15) is 10.0 Å². The van der Waals surface area contributed by atoms with E-state index >= 15 is 0 Å². The second kappa shape index (κ2) is 6.14. The van der Waals surface area contributed by atoms with Gasteiger partial charge in [0.15, 0.2) is 0 Å². The van der Waals surface area contributed by atoms with Crippen molar-refractivity contribution >= 4 is 21.6 Å². The summed E-state index contributed by atoms with van der Waals surface area (Å²) < 4.78 is 31.4. The monoisotopic (exact) mass is 373 g/mol. The van der Waals surface area contributed by atoms with Crippen molar-refractivity contribution in [3.8, 4) is 0 Å². The van der Waals surface area contributed by atoms with E-state index in [1.54, 1.807) is 38.1 Å². The molecule has 0 aliphatic heterocycles. The van der Waals surface area contributed by atoms with Crippen molar-refractivity contribution in [2.45, 2.75) is 36.8 Å². The first-order valence-electron chi connectivity index (χ1n) is 7.57. The van der Waals surface area contributed by atoms with Crippen LogP contribution < -0.4 is 4.72 Å². The fourth-order valence-corrected chi connectivity index (χ4v) is 5.12. The van der Waals surface area contributed by atoms with Crippen molar-refractivity contribution < 1.29 is 13.5 Å². The van der Waals surface area contributed by atoms with Gasteiger partial charge in [-0.2, -0.15) is 10.2 Å². The van der Waals surface area contributed by atoms with Crippen molar-refractivity contribution in [2.75, 3.05) is 0 Å². The first kappa shape index (κ1) is 17.4. The molecule has 1 fully saturated rings. The third-order valence-corrected chi connectivity index (χ3v) is 6.49. The molecule has 1 aliphatic carbocycles. The smallest absolute Gasteiger partial charge is 0.246 e. The Hall–Kier alpha value is -1.42. The highest BCUT2D eigenvalue weighted by atomic mass is 35.5. The van der Waals surface area contributed by atoms with Crippen molar-refractivity contribution in [1.29, 1.82) is 0 Å². The normalized spacial score (nSPS) is 22.4. The fourth-order valence-electron chi connectivity index (χ4n) is 3.08. The number of rotatable bonds is 5. The van der Waals surface area contributed by atoms with Gasteiger partial charge in [-0.3, -0.25) is 9.36 Å². The Bertz CT molecular complexity index is 854. The van der Waals surface area contributed by atoms with E-state index in [1.807, 2.05) is 0 Å². The minimum atomic E-state index is -3.86. The lowest BCUT2D eigenvalue weighted by molar-refractivity contribution is 0.0280. The van der Waals surface area contributed by atoms with Gasteiger partial charge >= 0.3 is 0 Å². The average Bonchev–Trinajstić information content (AvgIpc) is 2.97. The molecule has 0 radical (unpaired) electrons. The van der Waals surface area contributed by atoms with E-state index in [2.05, 4.69) is 14.9 Å². The molecule has 3 rings (SSSR count). The van der Waals surface area contributed by atoms with Gasteiger partial charge in [-0.1, -0.05) is 11.6 Å². The number of nitrogens with one attached hydrogen (secondary N) is 1. The van der Waals surface area contributed by atoms with E-state index in [-0.39, 0.29) is 22.1 Å². The molecule has 24 heavy (non-hydrogen) atoms. The predicted molar refractivity (Wildman–Crippen MR) is 88.0 cm³/mol. The molecule has 0 bridgehead atoms. The van der Waals surface area contributed by atoms with E-state index in [4.69, 9.17) is 11.6 Å². The number of sulfonamides is 1. The maximum Gasteiger partial charge on any atom is 0.246 e. The van der Waals surface area contributed by atoms with Gasteiger partial charge < -0.3 is 5.11 Å². The topological polar surface area (TPSA) is 102 Å². The summed E-state index contributed by atoms with van der Waals surface area (Å²) in [5.74, 6) is 0.00901. The summed E-state index contributed by atoms with van der Waals surface area (Å²) in [5, 5.41) is 17.8. The minimum Gasteiger partial charge on any atom is -0.393 e. The van der Waals surface area contributed by atoms with Gasteiger partial charge in [-0.05, 0) is 25.7 Å². The van der Waals surface area contributed by atoms with E-state index in [0.29, 0.717) is 18.5 Å². The van der Waals surface area contributed by atoms with E-state index in [1.165, 1.54) is 4.68 Å². The molecule has 0 saturated heterocycles. The Morgan fingerprint density at radius 2 is 2.08 bits per heavy atom. The molecule has 2 heterocycles. The van der Waals surface area contributed by atoms with Gasteiger partial charge in [0.2, 0.25) is 10.0 Å². The lowest BCUT2D eigenvalue weighted by Crippen LogP contribution is -2.41. The Balaban J connectivity index is 1.94. The average molecular weight is 374 g/mol. The van der Waals surface area contributed by atoms with Crippen LogP contribution in [-0.2, 0) is 24.1 Å². The van der Waals surface area contributed by atoms with Crippen molar-refractivity contribution in [3.63, 3.8) is 0 Å². The van der Waals surface area contributed by atoms with Crippen LogP contribution in [0.2, 0.25) is 5.15 Å². The fraction of sp³-hybridized carbons (Fsp3) is 0.571. The molecule has 1 atom stereocenters. The molecule has 2 N–H and O–H groups in total. The standard InChI is InChI=1S/C14H20ClN5O3S/c1-8-13(14(15)20(3)17-8)24(22,23)18-12(9-4-11(21)5-9)10-6-16-19(2)7-10/h6-7,9,11-12,18,21H,4-5H2,1-3H3/t9?,11?,12-/m0/s1. The molecule has 132 valence electrons. The Kier molecular flexibility index (Phi) is 4.45. The lowest BCUT2D eigenvalue weighted by Gasteiger charge is -2.37. The molecule has 1 aliphatic rings. The number of hydrogen-bond acceptors (Lipinski definition) is 5. The summed E-state index contributed by atoms with van der Waals surface area (Å²) in [6.45, 7) is 1.60. The highest BCUT2D eigenvalue weighted by Crippen LogP contribution is 2.39. The minimum absolute atomic E-state index is 0.00901. The zero-order valence-electron chi connectivity index (χ0n) is 13.6. The van der Waals surface area contributed by atoms with Gasteiger partial charge in [0, 0.05) is 25.9 Å². The molecule has 0 aromatic carbocycles. The van der Waals surface area contributed by atoms with E-state index in [0.717, 1.165) is 5.56 Å². The molecule has 1 saturated carbocycles. The van der Waals surface area contributed by atoms with Gasteiger partial charge in [-0.15, -0.1) is 0 Å². The molecule has 0 amide bonds. The highest BCUT2D eigenvalue weighted by Gasteiger charge is 2.39. The maximum atomic E-state index is 12.9. The summed E-state index contributed by atoms with van der Waals surface area (Å²) in [7, 11) is -0.498. The van der Waals surface area contributed by atoms with Crippen LogP contribution in [0.15, 0.2) is 17.3 Å². The highest BCUT2D eigenvalue weighted by molar-refractivity contribution is 7.89. The summed E-state index contributed by atoms with van der Waals surface area (Å²) in [5.41, 5.74) is 1.10. The number of aryl methyl sites for hydroxylation is 3. The van der Waals surface area contributed by atoms with Crippen LogP contribution >= 0.6 is 11.6 Å². The number of aliphatic hydroxyl groups excluding tert-OH is 1. The molecular formula is C14H20ClN5O3S. The van der Waals surface area contributed by atoms with Crippen molar-refractivity contribution in [2.24, 2.45) is 20.0 Å². The molecule has 2 aromatic heterocycles. The quantitative estimate of drug-likeness (QED) is 0.810. The maximum absolute atomic E-state index is 12.9. The first-order valence-corrected chi connectivity index (χ1v) is 9.43. The van der Waals surface area contributed by atoms with Gasteiger partial charge in [0.25, 0.3) is 0 Å². The molecular weight excluding hydrogens is 354 g/mol. The van der Waals surface area contributed by atoms with Crippen LogP contribution in [0.4, 0.5) is 0 Å². The van der Waals surface area contributed by atoms with Crippen LogP contribution in [0.1, 0.15) is 30.1 Å². The largest absolute Gasteiger partial charge is 0.393 e. The number of aliphatic hydroxyl groups is 1. The van der Waals surface area contributed by atoms with E-state index in [9.17, 15) is 13.5 Å². The molecule has 0 unspecified atom stereocenters. The zero-order valence-corrected chi connectivity index (χ0v) is 15.2. The second-order valence-electron chi connectivity index (χ2n) is 6.26. The Morgan fingerprint density at radius 1 is 1.42 bits per heavy atom.